The van der Waals surface area contributed by atoms with Gasteiger partial charge < -0.3 is 15.2 Å². The Labute approximate surface area is 127 Å². The standard InChI is InChI=1S/C13H17ClN2O5/c1-2-10(4-3-7-15-13(17)18)21-12-8-9(14)5-6-11(12)16(19)20/h5-6,8,10,15H,2-4,7H2,1H3,(H,17,18). The van der Waals surface area contributed by atoms with Crippen molar-refractivity contribution in [2.24, 2.45) is 0 Å². The molecule has 0 radical (unpaired) electrons. The van der Waals surface area contributed by atoms with E-state index in [1.165, 1.54) is 18.2 Å². The number of nitrogens with one attached hydrogen (secondary N) is 1. The van der Waals surface area contributed by atoms with Crippen molar-refractivity contribution in [3.8, 4) is 5.75 Å². The Morgan fingerprint density at radius 2 is 2.29 bits per heavy atom. The third kappa shape index (κ3) is 5.86. The Bertz CT molecular complexity index is 509. The monoisotopic (exact) mass is 316 g/mol. The number of carbonyl (C=O) groups is 1. The van der Waals surface area contributed by atoms with Gasteiger partial charge in [-0.15, -0.1) is 0 Å². The number of carboxylic acid groups (broad SMARTS) is 1. The van der Waals surface area contributed by atoms with E-state index in [0.717, 1.165) is 0 Å². The average Bonchev–Trinajstić information content (AvgIpc) is 2.41. The Morgan fingerprint density at radius 1 is 1.57 bits per heavy atom. The van der Waals surface area contributed by atoms with Gasteiger partial charge in [0.2, 0.25) is 0 Å². The maximum absolute atomic E-state index is 10.9. The van der Waals surface area contributed by atoms with Crippen LogP contribution in [0.15, 0.2) is 18.2 Å². The fourth-order valence-electron chi connectivity index (χ4n) is 1.78. The van der Waals surface area contributed by atoms with Crippen LogP contribution in [0.4, 0.5) is 10.5 Å². The first-order valence-electron chi connectivity index (χ1n) is 6.51. The largest absolute Gasteiger partial charge is 0.483 e. The number of nitrogens with zero attached hydrogens (tertiary/aromatic N) is 1. The second-order valence-corrected chi connectivity index (χ2v) is 4.83. The molecule has 0 aliphatic carbocycles. The topological polar surface area (TPSA) is 102 Å². The maximum atomic E-state index is 10.9. The number of nitro benzene ring substituents is 1. The molecule has 1 aromatic carbocycles. The molecule has 1 rings (SSSR count). The van der Waals surface area contributed by atoms with Gasteiger partial charge in [0.05, 0.1) is 11.0 Å². The minimum atomic E-state index is -1.07. The smallest absolute Gasteiger partial charge is 0.404 e. The molecule has 21 heavy (non-hydrogen) atoms. The lowest BCUT2D eigenvalue weighted by molar-refractivity contribution is -0.386. The van der Waals surface area contributed by atoms with Crippen LogP contribution in [-0.4, -0.2) is 28.8 Å². The minimum absolute atomic E-state index is 0.130. The summed E-state index contributed by atoms with van der Waals surface area (Å²) in [7, 11) is 0. The van der Waals surface area contributed by atoms with Crippen molar-refractivity contribution in [2.45, 2.75) is 32.3 Å². The first kappa shape index (κ1) is 17.0. The quantitative estimate of drug-likeness (QED) is 0.434. The molecule has 1 aromatic rings. The predicted octanol–water partition coefficient (Wildman–Crippen LogP) is 3.45. The minimum Gasteiger partial charge on any atom is -0.483 e. The molecular formula is C13H17ClN2O5. The third-order valence-corrected chi connectivity index (χ3v) is 3.08. The highest BCUT2D eigenvalue weighted by Crippen LogP contribution is 2.31. The van der Waals surface area contributed by atoms with Crippen LogP contribution in [0.1, 0.15) is 26.2 Å². The van der Waals surface area contributed by atoms with Gasteiger partial charge in [-0.2, -0.15) is 0 Å². The summed E-state index contributed by atoms with van der Waals surface area (Å²) in [6.07, 6.45) is 0.503. The zero-order valence-corrected chi connectivity index (χ0v) is 12.3. The molecule has 0 aliphatic rings. The first-order valence-corrected chi connectivity index (χ1v) is 6.89. The van der Waals surface area contributed by atoms with Crippen LogP contribution in [0.25, 0.3) is 0 Å². The summed E-state index contributed by atoms with van der Waals surface area (Å²) >= 11 is 5.83. The predicted molar refractivity (Wildman–Crippen MR) is 78.1 cm³/mol. The lowest BCUT2D eigenvalue weighted by atomic mass is 10.1. The molecule has 0 fully saturated rings. The highest BCUT2D eigenvalue weighted by atomic mass is 35.5. The summed E-state index contributed by atoms with van der Waals surface area (Å²) < 4.78 is 5.64. The molecule has 0 saturated carbocycles. The molecular weight excluding hydrogens is 300 g/mol. The van der Waals surface area contributed by atoms with E-state index in [2.05, 4.69) is 5.32 Å². The summed E-state index contributed by atoms with van der Waals surface area (Å²) in [4.78, 5) is 20.8. The van der Waals surface area contributed by atoms with E-state index in [0.29, 0.717) is 30.8 Å². The van der Waals surface area contributed by atoms with Crippen molar-refractivity contribution in [3.63, 3.8) is 0 Å². The fourth-order valence-corrected chi connectivity index (χ4v) is 1.95. The third-order valence-electron chi connectivity index (χ3n) is 2.85. The van der Waals surface area contributed by atoms with Crippen molar-refractivity contribution in [1.82, 2.24) is 5.32 Å². The van der Waals surface area contributed by atoms with Gasteiger partial charge in [-0.25, -0.2) is 4.79 Å². The molecule has 1 atom stereocenters. The molecule has 0 heterocycles. The van der Waals surface area contributed by atoms with Crippen molar-refractivity contribution in [3.05, 3.63) is 33.3 Å². The van der Waals surface area contributed by atoms with Gasteiger partial charge in [-0.3, -0.25) is 10.1 Å². The summed E-state index contributed by atoms with van der Waals surface area (Å²) in [6, 6.07) is 4.15. The molecule has 7 nitrogen and oxygen atoms in total. The number of ether oxygens (including phenoxy) is 1. The Kier molecular flexibility index (Phi) is 6.74. The Hall–Kier alpha value is -2.02. The van der Waals surface area contributed by atoms with Crippen LogP contribution >= 0.6 is 11.6 Å². The van der Waals surface area contributed by atoms with E-state index in [9.17, 15) is 14.9 Å². The van der Waals surface area contributed by atoms with E-state index in [-0.39, 0.29) is 17.5 Å². The lowest BCUT2D eigenvalue weighted by Gasteiger charge is -2.17. The van der Waals surface area contributed by atoms with Crippen molar-refractivity contribution in [1.29, 1.82) is 0 Å². The zero-order chi connectivity index (χ0) is 15.8. The van der Waals surface area contributed by atoms with E-state index in [1.807, 2.05) is 6.92 Å². The summed E-state index contributed by atoms with van der Waals surface area (Å²) in [6.45, 7) is 2.21. The molecule has 0 aliphatic heterocycles. The Morgan fingerprint density at radius 3 is 2.86 bits per heavy atom. The van der Waals surface area contributed by atoms with E-state index >= 15 is 0 Å². The van der Waals surface area contributed by atoms with Crippen LogP contribution in [-0.2, 0) is 0 Å². The molecule has 0 bridgehead atoms. The summed E-state index contributed by atoms with van der Waals surface area (Å²) in [5.41, 5.74) is -0.137. The van der Waals surface area contributed by atoms with Gasteiger partial charge in [0.15, 0.2) is 5.75 Å². The van der Waals surface area contributed by atoms with Crippen LogP contribution < -0.4 is 10.1 Å². The van der Waals surface area contributed by atoms with Crippen LogP contribution in [0.5, 0.6) is 5.75 Å². The highest BCUT2D eigenvalue weighted by molar-refractivity contribution is 6.30. The maximum Gasteiger partial charge on any atom is 0.404 e. The van der Waals surface area contributed by atoms with E-state index < -0.39 is 11.0 Å². The molecule has 1 unspecified atom stereocenters. The number of rotatable bonds is 8. The van der Waals surface area contributed by atoms with E-state index in [4.69, 9.17) is 21.4 Å². The summed E-state index contributed by atoms with van der Waals surface area (Å²) in [5.74, 6) is 0.130. The SMILES string of the molecule is CCC(CCCNC(=O)O)Oc1cc(Cl)ccc1[N+](=O)[O-]. The van der Waals surface area contributed by atoms with Crippen LogP contribution in [0, 0.1) is 10.1 Å². The number of nitro groups is 1. The van der Waals surface area contributed by atoms with Crippen molar-refractivity contribution < 1.29 is 19.6 Å². The number of hydrogen-bond acceptors (Lipinski definition) is 4. The highest BCUT2D eigenvalue weighted by Gasteiger charge is 2.18. The molecule has 116 valence electrons. The second-order valence-electron chi connectivity index (χ2n) is 4.39. The number of halogens is 1. The number of benzene rings is 1. The lowest BCUT2D eigenvalue weighted by Crippen LogP contribution is -2.24. The molecule has 0 aromatic heterocycles. The Balaban J connectivity index is 2.66. The van der Waals surface area contributed by atoms with Gasteiger partial charge in [0.1, 0.15) is 0 Å². The van der Waals surface area contributed by atoms with Crippen LogP contribution in [0.2, 0.25) is 5.02 Å². The molecule has 1 amide bonds. The van der Waals surface area contributed by atoms with E-state index in [1.54, 1.807) is 0 Å². The zero-order valence-electron chi connectivity index (χ0n) is 11.5. The van der Waals surface area contributed by atoms with Gasteiger partial charge in [-0.05, 0) is 25.3 Å². The second kappa shape index (κ2) is 8.31. The van der Waals surface area contributed by atoms with Gasteiger partial charge in [0, 0.05) is 23.7 Å². The normalized spacial score (nSPS) is 11.7. The van der Waals surface area contributed by atoms with Gasteiger partial charge in [-0.1, -0.05) is 18.5 Å². The molecule has 0 spiro atoms. The van der Waals surface area contributed by atoms with Gasteiger partial charge >= 0.3 is 11.8 Å². The molecule has 0 saturated heterocycles. The number of amides is 1. The number of hydrogen-bond donors (Lipinski definition) is 2. The molecule has 2 N–H and O–H groups in total. The average molecular weight is 317 g/mol. The molecule has 8 heteroatoms. The summed E-state index contributed by atoms with van der Waals surface area (Å²) in [5, 5.41) is 22.0. The van der Waals surface area contributed by atoms with Gasteiger partial charge in [0.25, 0.3) is 0 Å². The first-order chi connectivity index (χ1) is 9.93. The van der Waals surface area contributed by atoms with Crippen LogP contribution in [0.3, 0.4) is 0 Å². The van der Waals surface area contributed by atoms with Crippen molar-refractivity contribution >= 4 is 23.4 Å². The van der Waals surface area contributed by atoms with Crippen molar-refractivity contribution in [2.75, 3.05) is 6.54 Å². The fraction of sp³-hybridized carbons (Fsp3) is 0.462.